The number of carboxylic acid groups (broad SMARTS) is 1. The number of anilines is 2. The second-order valence-electron chi connectivity index (χ2n) is 6.18. The molecule has 1 fully saturated rings. The lowest BCUT2D eigenvalue weighted by Gasteiger charge is -2.24. The number of nitrogens with zero attached hydrogens (tertiary/aromatic N) is 1. The number of carbonyl (C=O) groups is 3. The van der Waals surface area contributed by atoms with Crippen LogP contribution in [0, 0.1) is 11.8 Å². The number of amides is 2. The van der Waals surface area contributed by atoms with Crippen LogP contribution in [0.2, 0.25) is 0 Å². The molecule has 2 atom stereocenters. The summed E-state index contributed by atoms with van der Waals surface area (Å²) < 4.78 is 0. The highest BCUT2D eigenvalue weighted by atomic mass is 16.4. The minimum absolute atomic E-state index is 0.116. The number of hydrogen-bond donors (Lipinski definition) is 2. The van der Waals surface area contributed by atoms with Crippen molar-refractivity contribution in [3.05, 3.63) is 36.4 Å². The average molecular weight is 328 g/mol. The van der Waals surface area contributed by atoms with Crippen molar-refractivity contribution in [2.24, 2.45) is 11.8 Å². The summed E-state index contributed by atoms with van der Waals surface area (Å²) in [7, 11) is 0. The number of nitrogens with one attached hydrogen (secondary N) is 1. The molecule has 1 aliphatic heterocycles. The summed E-state index contributed by atoms with van der Waals surface area (Å²) in [5.74, 6) is -2.35. The molecule has 2 amide bonds. The van der Waals surface area contributed by atoms with Crippen molar-refractivity contribution >= 4 is 29.2 Å². The van der Waals surface area contributed by atoms with Gasteiger partial charge in [-0.05, 0) is 43.5 Å². The molecule has 1 aromatic carbocycles. The molecule has 24 heavy (non-hydrogen) atoms. The van der Waals surface area contributed by atoms with Crippen LogP contribution in [0.3, 0.4) is 0 Å². The molecule has 0 unspecified atom stereocenters. The van der Waals surface area contributed by atoms with E-state index in [9.17, 15) is 19.5 Å². The summed E-state index contributed by atoms with van der Waals surface area (Å²) in [5, 5.41) is 12.0. The van der Waals surface area contributed by atoms with Crippen LogP contribution in [0.25, 0.3) is 0 Å². The lowest BCUT2D eigenvalue weighted by molar-refractivity contribution is -0.146. The SMILES string of the molecule is O=C(O)[C@@H]1CC=CC[C@H]1C(=O)Nc1ccc(N2CCCC2=O)cc1. The molecule has 6 heteroatoms. The molecule has 126 valence electrons. The largest absolute Gasteiger partial charge is 0.481 e. The quantitative estimate of drug-likeness (QED) is 0.831. The Labute approximate surface area is 140 Å². The van der Waals surface area contributed by atoms with E-state index in [1.165, 1.54) is 0 Å². The van der Waals surface area contributed by atoms with Gasteiger partial charge in [-0.25, -0.2) is 0 Å². The van der Waals surface area contributed by atoms with E-state index in [2.05, 4.69) is 5.32 Å². The minimum atomic E-state index is -0.942. The van der Waals surface area contributed by atoms with Crippen molar-refractivity contribution < 1.29 is 19.5 Å². The van der Waals surface area contributed by atoms with Gasteiger partial charge in [-0.3, -0.25) is 14.4 Å². The average Bonchev–Trinajstić information content (AvgIpc) is 3.01. The minimum Gasteiger partial charge on any atom is -0.481 e. The molecule has 3 rings (SSSR count). The Morgan fingerprint density at radius 1 is 1.08 bits per heavy atom. The second-order valence-corrected chi connectivity index (χ2v) is 6.18. The Balaban J connectivity index is 1.67. The van der Waals surface area contributed by atoms with Gasteiger partial charge in [0.2, 0.25) is 11.8 Å². The normalized spacial score (nSPS) is 23.3. The summed E-state index contributed by atoms with van der Waals surface area (Å²) in [6.45, 7) is 0.721. The molecule has 6 nitrogen and oxygen atoms in total. The molecule has 0 radical (unpaired) electrons. The molecular weight excluding hydrogens is 308 g/mol. The number of rotatable bonds is 4. The molecule has 1 aromatic rings. The van der Waals surface area contributed by atoms with Gasteiger partial charge in [0.15, 0.2) is 0 Å². The van der Waals surface area contributed by atoms with Crippen LogP contribution in [0.4, 0.5) is 11.4 Å². The molecule has 0 spiro atoms. The topological polar surface area (TPSA) is 86.7 Å². The van der Waals surface area contributed by atoms with E-state index in [1.807, 2.05) is 12.2 Å². The van der Waals surface area contributed by atoms with Gasteiger partial charge in [0.05, 0.1) is 11.8 Å². The first kappa shape index (κ1) is 16.2. The lowest BCUT2D eigenvalue weighted by Crippen LogP contribution is -2.34. The summed E-state index contributed by atoms with van der Waals surface area (Å²) in [6.07, 6.45) is 5.91. The zero-order valence-electron chi connectivity index (χ0n) is 13.3. The van der Waals surface area contributed by atoms with Gasteiger partial charge >= 0.3 is 5.97 Å². The van der Waals surface area contributed by atoms with Crippen molar-refractivity contribution in [2.75, 3.05) is 16.8 Å². The van der Waals surface area contributed by atoms with Crippen molar-refractivity contribution in [1.29, 1.82) is 0 Å². The molecular formula is C18H20N2O4. The molecule has 2 N–H and O–H groups in total. The van der Waals surface area contributed by atoms with Crippen LogP contribution in [-0.2, 0) is 14.4 Å². The predicted molar refractivity (Wildman–Crippen MR) is 89.6 cm³/mol. The Morgan fingerprint density at radius 3 is 2.33 bits per heavy atom. The maximum absolute atomic E-state index is 12.4. The Bertz CT molecular complexity index is 681. The third-order valence-electron chi connectivity index (χ3n) is 4.61. The number of hydrogen-bond acceptors (Lipinski definition) is 3. The Kier molecular flexibility index (Phi) is 4.64. The monoisotopic (exact) mass is 328 g/mol. The first-order valence-electron chi connectivity index (χ1n) is 8.15. The molecule has 0 aromatic heterocycles. The standard InChI is InChI=1S/C18H20N2O4/c21-16-6-3-11-20(16)13-9-7-12(8-10-13)19-17(22)14-4-1-2-5-15(14)18(23)24/h1-2,7-10,14-15H,3-6,11H2,(H,19,22)(H,23,24)/t14-,15-/m1/s1. The summed E-state index contributed by atoms with van der Waals surface area (Å²) >= 11 is 0. The first-order chi connectivity index (χ1) is 11.6. The van der Waals surface area contributed by atoms with Gasteiger partial charge < -0.3 is 15.3 Å². The van der Waals surface area contributed by atoms with Crippen LogP contribution >= 0.6 is 0 Å². The fraction of sp³-hybridized carbons (Fsp3) is 0.389. The van der Waals surface area contributed by atoms with E-state index in [-0.39, 0.29) is 11.8 Å². The van der Waals surface area contributed by atoms with Crippen LogP contribution in [-0.4, -0.2) is 29.4 Å². The van der Waals surface area contributed by atoms with Crippen LogP contribution in [0.1, 0.15) is 25.7 Å². The van der Waals surface area contributed by atoms with Gasteiger partial charge in [0.1, 0.15) is 0 Å². The Morgan fingerprint density at radius 2 is 1.75 bits per heavy atom. The van der Waals surface area contributed by atoms with Gasteiger partial charge in [-0.15, -0.1) is 0 Å². The van der Waals surface area contributed by atoms with Crippen molar-refractivity contribution in [3.63, 3.8) is 0 Å². The number of carbonyl (C=O) groups excluding carboxylic acids is 2. The second kappa shape index (κ2) is 6.86. The van der Waals surface area contributed by atoms with Crippen molar-refractivity contribution in [2.45, 2.75) is 25.7 Å². The third kappa shape index (κ3) is 3.32. The molecule has 0 saturated carbocycles. The fourth-order valence-electron chi connectivity index (χ4n) is 3.26. The van der Waals surface area contributed by atoms with Crippen LogP contribution in [0.15, 0.2) is 36.4 Å². The maximum Gasteiger partial charge on any atom is 0.307 e. The fourth-order valence-corrected chi connectivity index (χ4v) is 3.26. The van der Waals surface area contributed by atoms with Gasteiger partial charge in [-0.2, -0.15) is 0 Å². The van der Waals surface area contributed by atoms with Crippen LogP contribution in [0.5, 0.6) is 0 Å². The third-order valence-corrected chi connectivity index (χ3v) is 4.61. The lowest BCUT2D eigenvalue weighted by atomic mass is 9.82. The molecule has 1 heterocycles. The number of allylic oxidation sites excluding steroid dienone is 2. The summed E-state index contributed by atoms with van der Waals surface area (Å²) in [4.78, 5) is 37.2. The predicted octanol–water partition coefficient (Wildman–Crippen LogP) is 2.42. The van der Waals surface area contributed by atoms with Gasteiger partial charge in [0, 0.05) is 24.3 Å². The first-order valence-corrected chi connectivity index (χ1v) is 8.15. The van der Waals surface area contributed by atoms with Crippen molar-refractivity contribution in [1.82, 2.24) is 0 Å². The van der Waals surface area contributed by atoms with Gasteiger partial charge in [0.25, 0.3) is 0 Å². The highest BCUT2D eigenvalue weighted by Crippen LogP contribution is 2.28. The number of benzene rings is 1. The van der Waals surface area contributed by atoms with E-state index >= 15 is 0 Å². The summed E-state index contributed by atoms with van der Waals surface area (Å²) in [6, 6.07) is 7.09. The van der Waals surface area contributed by atoms with E-state index < -0.39 is 17.8 Å². The summed E-state index contributed by atoms with van der Waals surface area (Å²) in [5.41, 5.74) is 1.42. The highest BCUT2D eigenvalue weighted by Gasteiger charge is 2.34. The number of aliphatic carboxylic acids is 1. The zero-order valence-corrected chi connectivity index (χ0v) is 13.3. The number of carboxylic acids is 1. The zero-order chi connectivity index (χ0) is 17.1. The van der Waals surface area contributed by atoms with E-state index in [4.69, 9.17) is 0 Å². The van der Waals surface area contributed by atoms with Crippen LogP contribution < -0.4 is 10.2 Å². The van der Waals surface area contributed by atoms with Crippen molar-refractivity contribution in [3.8, 4) is 0 Å². The molecule has 2 aliphatic rings. The smallest absolute Gasteiger partial charge is 0.307 e. The van der Waals surface area contributed by atoms with E-state index in [0.717, 1.165) is 18.7 Å². The molecule has 0 bridgehead atoms. The van der Waals surface area contributed by atoms with E-state index in [1.54, 1.807) is 29.2 Å². The van der Waals surface area contributed by atoms with E-state index in [0.29, 0.717) is 24.9 Å². The highest BCUT2D eigenvalue weighted by molar-refractivity contribution is 5.97. The Hall–Kier alpha value is -2.63. The molecule has 1 saturated heterocycles. The maximum atomic E-state index is 12.4. The molecule has 1 aliphatic carbocycles. The van der Waals surface area contributed by atoms with Gasteiger partial charge in [-0.1, -0.05) is 12.2 Å².